The zero-order valence-electron chi connectivity index (χ0n) is 41.6. The van der Waals surface area contributed by atoms with Gasteiger partial charge in [-0.25, -0.2) is 0 Å². The van der Waals surface area contributed by atoms with E-state index < -0.39 is 12.1 Å². The SMILES string of the molecule is CCCCCCCC/C=C\CCCCCCCC(=O)OCCCCCCCCCCCCCCCCCCCCCCC(=O)NC(CO)C(O)/C=C/CCCCCCCCCC. The molecule has 6 heteroatoms. The minimum Gasteiger partial charge on any atom is -0.466 e. The number of nitrogens with one attached hydrogen (secondary N) is 1. The first-order chi connectivity index (χ1) is 30.5. The van der Waals surface area contributed by atoms with Crippen molar-refractivity contribution in [3.05, 3.63) is 24.3 Å². The van der Waals surface area contributed by atoms with E-state index in [1.807, 2.05) is 6.08 Å². The van der Waals surface area contributed by atoms with Crippen molar-refractivity contribution in [2.75, 3.05) is 13.2 Å². The van der Waals surface area contributed by atoms with Crippen LogP contribution in [-0.4, -0.2) is 47.4 Å². The maximum Gasteiger partial charge on any atom is 0.305 e. The van der Waals surface area contributed by atoms with Crippen LogP contribution < -0.4 is 5.32 Å². The molecule has 2 atom stereocenters. The molecule has 2 unspecified atom stereocenters. The van der Waals surface area contributed by atoms with E-state index in [9.17, 15) is 19.8 Å². The fraction of sp³-hybridized carbons (Fsp3) is 0.893. The molecule has 0 aromatic rings. The average Bonchev–Trinajstić information content (AvgIpc) is 3.27. The van der Waals surface area contributed by atoms with Gasteiger partial charge in [0.15, 0.2) is 0 Å². The first-order valence-corrected chi connectivity index (χ1v) is 27.6. The maximum absolute atomic E-state index is 12.4. The summed E-state index contributed by atoms with van der Waals surface area (Å²) in [6.45, 7) is 4.87. The van der Waals surface area contributed by atoms with Gasteiger partial charge in [0.25, 0.3) is 0 Å². The number of carbonyl (C=O) groups is 2. The molecule has 3 N–H and O–H groups in total. The van der Waals surface area contributed by atoms with Crippen LogP contribution in [0, 0.1) is 0 Å². The average molecular weight is 874 g/mol. The molecule has 6 nitrogen and oxygen atoms in total. The Kier molecular flexibility index (Phi) is 50.6. The maximum atomic E-state index is 12.4. The summed E-state index contributed by atoms with van der Waals surface area (Å²) in [5, 5.41) is 23.0. The van der Waals surface area contributed by atoms with Crippen molar-refractivity contribution in [1.29, 1.82) is 0 Å². The number of aliphatic hydroxyl groups is 2. The van der Waals surface area contributed by atoms with E-state index in [2.05, 4.69) is 31.3 Å². The minimum atomic E-state index is -0.843. The van der Waals surface area contributed by atoms with E-state index >= 15 is 0 Å². The fourth-order valence-corrected chi connectivity index (χ4v) is 8.45. The summed E-state index contributed by atoms with van der Waals surface area (Å²) in [5.74, 6) is -0.0699. The van der Waals surface area contributed by atoms with Gasteiger partial charge in [0.2, 0.25) is 5.91 Å². The van der Waals surface area contributed by atoms with Gasteiger partial charge in [-0.15, -0.1) is 0 Å². The molecule has 0 aliphatic rings. The third-order valence-electron chi connectivity index (χ3n) is 12.7. The van der Waals surface area contributed by atoms with Gasteiger partial charge in [0.1, 0.15) is 0 Å². The van der Waals surface area contributed by atoms with Crippen LogP contribution in [0.5, 0.6) is 0 Å². The van der Waals surface area contributed by atoms with Gasteiger partial charge in [0, 0.05) is 12.8 Å². The molecular weight excluding hydrogens is 767 g/mol. The molecule has 1 amide bonds. The highest BCUT2D eigenvalue weighted by Crippen LogP contribution is 2.16. The summed E-state index contributed by atoms with van der Waals surface area (Å²) in [5.41, 5.74) is 0. The molecule has 0 fully saturated rings. The minimum absolute atomic E-state index is 0.00172. The van der Waals surface area contributed by atoms with Gasteiger partial charge in [-0.3, -0.25) is 9.59 Å². The van der Waals surface area contributed by atoms with Gasteiger partial charge >= 0.3 is 5.97 Å². The van der Waals surface area contributed by atoms with E-state index in [4.69, 9.17) is 4.74 Å². The van der Waals surface area contributed by atoms with Crippen molar-refractivity contribution in [2.45, 2.75) is 309 Å². The van der Waals surface area contributed by atoms with Gasteiger partial charge in [-0.1, -0.05) is 250 Å². The van der Waals surface area contributed by atoms with Gasteiger partial charge in [0.05, 0.1) is 25.4 Å². The molecule has 366 valence electrons. The number of amides is 1. The topological polar surface area (TPSA) is 95.9 Å². The molecule has 0 aromatic heterocycles. The first kappa shape index (κ1) is 60.3. The summed E-state index contributed by atoms with van der Waals surface area (Å²) >= 11 is 0. The van der Waals surface area contributed by atoms with Crippen molar-refractivity contribution in [1.82, 2.24) is 5.32 Å². The summed E-state index contributed by atoms with van der Waals surface area (Å²) in [7, 11) is 0. The summed E-state index contributed by atoms with van der Waals surface area (Å²) in [6.07, 6.45) is 62.0. The number of ether oxygens (including phenoxy) is 1. The highest BCUT2D eigenvalue weighted by molar-refractivity contribution is 5.76. The third-order valence-corrected chi connectivity index (χ3v) is 12.7. The Hall–Kier alpha value is -1.66. The molecule has 0 radical (unpaired) electrons. The zero-order valence-corrected chi connectivity index (χ0v) is 41.6. The zero-order chi connectivity index (χ0) is 45.1. The van der Waals surface area contributed by atoms with Gasteiger partial charge in [-0.05, 0) is 57.8 Å². The van der Waals surface area contributed by atoms with Gasteiger partial charge < -0.3 is 20.3 Å². The molecule has 0 saturated heterocycles. The second-order valence-electron chi connectivity index (χ2n) is 18.9. The van der Waals surface area contributed by atoms with E-state index in [0.717, 1.165) is 44.9 Å². The molecular formula is C56H107NO5. The van der Waals surface area contributed by atoms with Crippen LogP contribution in [0.2, 0.25) is 0 Å². The quantitative estimate of drug-likeness (QED) is 0.0321. The van der Waals surface area contributed by atoms with Crippen LogP contribution >= 0.6 is 0 Å². The summed E-state index contributed by atoms with van der Waals surface area (Å²) in [4.78, 5) is 24.4. The Morgan fingerprint density at radius 2 is 0.758 bits per heavy atom. The highest BCUT2D eigenvalue weighted by atomic mass is 16.5. The van der Waals surface area contributed by atoms with Crippen LogP contribution in [0.25, 0.3) is 0 Å². The Labute approximate surface area is 386 Å². The van der Waals surface area contributed by atoms with Crippen LogP contribution in [0.3, 0.4) is 0 Å². The standard InChI is InChI=1S/C56H107NO5/c1-3-5-7-9-11-13-15-16-23-27-30-34-38-42-46-50-56(61)62-51-47-43-39-35-31-28-25-22-20-18-17-19-21-24-26-29-33-37-41-45-49-55(60)57-53(52-58)54(59)48-44-40-36-32-14-12-10-8-6-4-2/h16,23,44,48,53-54,58-59H,3-15,17-22,24-43,45-47,49-52H2,1-2H3,(H,57,60)/b23-16-,48-44+. The van der Waals surface area contributed by atoms with Crippen LogP contribution in [0.1, 0.15) is 296 Å². The van der Waals surface area contributed by atoms with E-state index in [-0.39, 0.29) is 18.5 Å². The highest BCUT2D eigenvalue weighted by Gasteiger charge is 2.18. The summed E-state index contributed by atoms with van der Waals surface area (Å²) in [6, 6.07) is -0.627. The molecule has 0 rings (SSSR count). The predicted molar refractivity (Wildman–Crippen MR) is 269 cm³/mol. The molecule has 62 heavy (non-hydrogen) atoms. The van der Waals surface area contributed by atoms with E-state index in [1.54, 1.807) is 6.08 Å². The lowest BCUT2D eigenvalue weighted by atomic mass is 10.0. The van der Waals surface area contributed by atoms with Crippen molar-refractivity contribution in [2.24, 2.45) is 0 Å². The largest absolute Gasteiger partial charge is 0.466 e. The Morgan fingerprint density at radius 1 is 0.435 bits per heavy atom. The Morgan fingerprint density at radius 3 is 1.15 bits per heavy atom. The van der Waals surface area contributed by atoms with Crippen molar-refractivity contribution in [3.8, 4) is 0 Å². The number of aliphatic hydroxyl groups excluding tert-OH is 2. The first-order valence-electron chi connectivity index (χ1n) is 27.6. The van der Waals surface area contributed by atoms with Crippen LogP contribution in [0.15, 0.2) is 24.3 Å². The molecule has 0 heterocycles. The van der Waals surface area contributed by atoms with E-state index in [1.165, 1.54) is 225 Å². The van der Waals surface area contributed by atoms with Crippen molar-refractivity contribution >= 4 is 11.9 Å². The predicted octanol–water partition coefficient (Wildman–Crippen LogP) is 16.7. The second kappa shape index (κ2) is 52.0. The molecule has 0 bridgehead atoms. The monoisotopic (exact) mass is 874 g/mol. The van der Waals surface area contributed by atoms with Crippen LogP contribution in [-0.2, 0) is 14.3 Å². The summed E-state index contributed by atoms with van der Waals surface area (Å²) < 4.78 is 5.47. The Balaban J connectivity index is 3.39. The van der Waals surface area contributed by atoms with Crippen molar-refractivity contribution < 1.29 is 24.5 Å². The lowest BCUT2D eigenvalue weighted by molar-refractivity contribution is -0.143. The lowest BCUT2D eigenvalue weighted by Gasteiger charge is -2.20. The fourth-order valence-electron chi connectivity index (χ4n) is 8.45. The third kappa shape index (κ3) is 47.8. The van der Waals surface area contributed by atoms with Gasteiger partial charge in [-0.2, -0.15) is 0 Å². The second-order valence-corrected chi connectivity index (χ2v) is 18.9. The number of unbranched alkanes of at least 4 members (excludes halogenated alkanes) is 38. The lowest BCUT2D eigenvalue weighted by Crippen LogP contribution is -2.45. The number of carbonyl (C=O) groups excluding carboxylic acids is 2. The molecule has 0 aliphatic heterocycles. The molecule has 0 aromatic carbocycles. The molecule has 0 aliphatic carbocycles. The number of hydrogen-bond acceptors (Lipinski definition) is 5. The molecule has 0 saturated carbocycles. The van der Waals surface area contributed by atoms with Crippen molar-refractivity contribution in [3.63, 3.8) is 0 Å². The normalized spacial score (nSPS) is 12.8. The smallest absolute Gasteiger partial charge is 0.305 e. The number of allylic oxidation sites excluding steroid dienone is 3. The number of rotatable bonds is 51. The molecule has 0 spiro atoms. The van der Waals surface area contributed by atoms with E-state index in [0.29, 0.717) is 19.4 Å². The number of esters is 1. The van der Waals surface area contributed by atoms with Crippen LogP contribution in [0.4, 0.5) is 0 Å². The Bertz CT molecular complexity index is 966. The number of hydrogen-bond donors (Lipinski definition) is 3.